The predicted octanol–water partition coefficient (Wildman–Crippen LogP) is 2.35. The number of nitrogens with one attached hydrogen (secondary N) is 1. The Morgan fingerprint density at radius 2 is 2.00 bits per heavy atom. The Kier molecular flexibility index (Phi) is 3.19. The van der Waals surface area contributed by atoms with Gasteiger partial charge < -0.3 is 10.2 Å². The summed E-state index contributed by atoms with van der Waals surface area (Å²) in [5.74, 6) is -0.174. The number of likely N-dealkylation sites (N-methyl/N-ethyl adjacent to an activating group) is 1. The lowest BCUT2D eigenvalue weighted by molar-refractivity contribution is -0.137. The number of alkyl halides is 3. The van der Waals surface area contributed by atoms with Gasteiger partial charge in [-0.3, -0.25) is 4.79 Å². The molecule has 1 N–H and O–H groups in total. The maximum atomic E-state index is 12.8. The molecular formula is C12H13F3N2O. The fourth-order valence-corrected chi connectivity index (χ4v) is 2.00. The van der Waals surface area contributed by atoms with E-state index in [1.54, 1.807) is 7.05 Å². The number of hydrogen-bond donors (Lipinski definition) is 1. The standard InChI is InChI=1S/C12H13F3N2O/c1-17-7-6-10(11(17)18)16-9-5-3-2-4-8(9)12(13,14)15/h2-5,10,16H,6-7H2,1H3. The van der Waals surface area contributed by atoms with Gasteiger partial charge in [-0.05, 0) is 18.6 Å². The van der Waals surface area contributed by atoms with Crippen molar-refractivity contribution in [1.29, 1.82) is 0 Å². The Bertz CT molecular complexity index is 459. The number of carbonyl (C=O) groups is 1. The maximum absolute atomic E-state index is 12.8. The average molecular weight is 258 g/mol. The lowest BCUT2D eigenvalue weighted by Gasteiger charge is -2.17. The molecule has 1 saturated heterocycles. The summed E-state index contributed by atoms with van der Waals surface area (Å²) in [5.41, 5.74) is -0.786. The fraction of sp³-hybridized carbons (Fsp3) is 0.417. The van der Waals surface area contributed by atoms with Gasteiger partial charge in [0.1, 0.15) is 6.04 Å². The van der Waals surface area contributed by atoms with Crippen LogP contribution in [0.4, 0.5) is 18.9 Å². The number of likely N-dealkylation sites (tertiary alicyclic amines) is 1. The van der Waals surface area contributed by atoms with Crippen LogP contribution in [-0.2, 0) is 11.0 Å². The van der Waals surface area contributed by atoms with Gasteiger partial charge in [-0.2, -0.15) is 13.2 Å². The largest absolute Gasteiger partial charge is 0.418 e. The average Bonchev–Trinajstić information content (AvgIpc) is 2.60. The van der Waals surface area contributed by atoms with Crippen molar-refractivity contribution >= 4 is 11.6 Å². The minimum atomic E-state index is -4.42. The monoisotopic (exact) mass is 258 g/mol. The Labute approximate surface area is 103 Å². The zero-order chi connectivity index (χ0) is 13.3. The second-order valence-electron chi connectivity index (χ2n) is 4.29. The number of benzene rings is 1. The highest BCUT2D eigenvalue weighted by atomic mass is 19.4. The smallest absolute Gasteiger partial charge is 0.373 e. The van der Waals surface area contributed by atoms with Crippen molar-refractivity contribution in [2.75, 3.05) is 18.9 Å². The van der Waals surface area contributed by atoms with Gasteiger partial charge in [0.15, 0.2) is 0 Å². The molecule has 3 nitrogen and oxygen atoms in total. The van der Waals surface area contributed by atoms with Crippen molar-refractivity contribution in [1.82, 2.24) is 4.90 Å². The SMILES string of the molecule is CN1CCC(Nc2ccccc2C(F)(F)F)C1=O. The van der Waals surface area contributed by atoms with Crippen LogP contribution in [0.3, 0.4) is 0 Å². The van der Waals surface area contributed by atoms with Gasteiger partial charge in [-0.25, -0.2) is 0 Å². The number of rotatable bonds is 2. The van der Waals surface area contributed by atoms with Crippen molar-refractivity contribution in [2.24, 2.45) is 0 Å². The topological polar surface area (TPSA) is 32.3 Å². The summed E-state index contributed by atoms with van der Waals surface area (Å²) in [7, 11) is 1.64. The van der Waals surface area contributed by atoms with Crippen LogP contribution in [0.15, 0.2) is 24.3 Å². The van der Waals surface area contributed by atoms with Crippen molar-refractivity contribution in [3.05, 3.63) is 29.8 Å². The highest BCUT2D eigenvalue weighted by molar-refractivity contribution is 5.86. The number of para-hydroxylation sites is 1. The number of nitrogens with zero attached hydrogens (tertiary/aromatic N) is 1. The van der Waals surface area contributed by atoms with E-state index < -0.39 is 17.8 Å². The van der Waals surface area contributed by atoms with Crippen LogP contribution in [0.1, 0.15) is 12.0 Å². The lowest BCUT2D eigenvalue weighted by atomic mass is 10.1. The van der Waals surface area contributed by atoms with Gasteiger partial charge in [-0.15, -0.1) is 0 Å². The van der Waals surface area contributed by atoms with Crippen LogP contribution < -0.4 is 5.32 Å². The van der Waals surface area contributed by atoms with E-state index in [1.807, 2.05) is 0 Å². The van der Waals surface area contributed by atoms with Gasteiger partial charge >= 0.3 is 6.18 Å². The zero-order valence-corrected chi connectivity index (χ0v) is 9.79. The maximum Gasteiger partial charge on any atom is 0.418 e. The van der Waals surface area contributed by atoms with Gasteiger partial charge in [0.05, 0.1) is 5.56 Å². The van der Waals surface area contributed by atoms with E-state index in [2.05, 4.69) is 5.32 Å². The molecule has 0 spiro atoms. The van der Waals surface area contributed by atoms with E-state index in [1.165, 1.54) is 23.1 Å². The molecule has 18 heavy (non-hydrogen) atoms. The van der Waals surface area contributed by atoms with Crippen molar-refractivity contribution in [2.45, 2.75) is 18.6 Å². The Morgan fingerprint density at radius 3 is 2.56 bits per heavy atom. The second-order valence-corrected chi connectivity index (χ2v) is 4.29. The molecule has 1 aromatic rings. The minimum Gasteiger partial charge on any atom is -0.373 e. The molecule has 0 saturated carbocycles. The summed E-state index contributed by atoms with van der Waals surface area (Å²) in [5, 5.41) is 2.68. The third-order valence-corrected chi connectivity index (χ3v) is 2.99. The number of amides is 1. The molecule has 2 rings (SSSR count). The second kappa shape index (κ2) is 4.51. The van der Waals surface area contributed by atoms with Crippen LogP contribution in [0.25, 0.3) is 0 Å². The summed E-state index contributed by atoms with van der Waals surface area (Å²) in [4.78, 5) is 13.2. The molecule has 1 aliphatic rings. The summed E-state index contributed by atoms with van der Waals surface area (Å²) < 4.78 is 38.3. The third-order valence-electron chi connectivity index (χ3n) is 2.99. The number of hydrogen-bond acceptors (Lipinski definition) is 2. The summed E-state index contributed by atoms with van der Waals surface area (Å²) in [6, 6.07) is 4.62. The molecule has 0 aliphatic carbocycles. The van der Waals surface area contributed by atoms with E-state index in [-0.39, 0.29) is 11.6 Å². The number of carbonyl (C=O) groups excluding carboxylic acids is 1. The Balaban J connectivity index is 2.22. The Hall–Kier alpha value is -1.72. The minimum absolute atomic E-state index is 0.0429. The number of halogens is 3. The van der Waals surface area contributed by atoms with Crippen molar-refractivity contribution < 1.29 is 18.0 Å². The van der Waals surface area contributed by atoms with Crippen molar-refractivity contribution in [3.8, 4) is 0 Å². The van der Waals surface area contributed by atoms with E-state index in [4.69, 9.17) is 0 Å². The molecule has 0 bridgehead atoms. The van der Waals surface area contributed by atoms with E-state index in [0.29, 0.717) is 13.0 Å². The summed E-state index contributed by atoms with van der Waals surface area (Å²) in [6.07, 6.45) is -3.90. The van der Waals surface area contributed by atoms with Crippen LogP contribution in [-0.4, -0.2) is 30.4 Å². The molecular weight excluding hydrogens is 245 g/mol. The zero-order valence-electron chi connectivity index (χ0n) is 9.79. The van der Waals surface area contributed by atoms with Crippen LogP contribution in [0.5, 0.6) is 0 Å². The van der Waals surface area contributed by atoms with E-state index in [0.717, 1.165) is 6.07 Å². The van der Waals surface area contributed by atoms with Crippen LogP contribution >= 0.6 is 0 Å². The predicted molar refractivity (Wildman–Crippen MR) is 61.1 cm³/mol. The van der Waals surface area contributed by atoms with Gasteiger partial charge in [0.25, 0.3) is 0 Å². The van der Waals surface area contributed by atoms with E-state index >= 15 is 0 Å². The van der Waals surface area contributed by atoms with Crippen molar-refractivity contribution in [3.63, 3.8) is 0 Å². The number of anilines is 1. The van der Waals surface area contributed by atoms with Crippen LogP contribution in [0, 0.1) is 0 Å². The molecule has 0 radical (unpaired) electrons. The van der Waals surface area contributed by atoms with E-state index in [9.17, 15) is 18.0 Å². The molecule has 98 valence electrons. The van der Waals surface area contributed by atoms with Crippen LogP contribution in [0.2, 0.25) is 0 Å². The molecule has 1 amide bonds. The molecule has 1 aliphatic heterocycles. The molecule has 1 heterocycles. The molecule has 1 fully saturated rings. The highest BCUT2D eigenvalue weighted by Crippen LogP contribution is 2.35. The molecule has 0 aromatic heterocycles. The third kappa shape index (κ3) is 2.42. The van der Waals surface area contributed by atoms with Gasteiger partial charge in [0, 0.05) is 19.3 Å². The fourth-order valence-electron chi connectivity index (χ4n) is 2.00. The summed E-state index contributed by atoms with van der Waals surface area (Å²) >= 11 is 0. The van der Waals surface area contributed by atoms with Gasteiger partial charge in [0.2, 0.25) is 5.91 Å². The molecule has 1 unspecified atom stereocenters. The lowest BCUT2D eigenvalue weighted by Crippen LogP contribution is -2.31. The normalized spacial score (nSPS) is 20.3. The first-order valence-electron chi connectivity index (χ1n) is 5.57. The molecule has 1 aromatic carbocycles. The highest BCUT2D eigenvalue weighted by Gasteiger charge is 2.35. The quantitative estimate of drug-likeness (QED) is 0.883. The molecule has 1 atom stereocenters. The first kappa shape index (κ1) is 12.7. The first-order valence-corrected chi connectivity index (χ1v) is 5.57. The Morgan fingerprint density at radius 1 is 1.33 bits per heavy atom. The molecule has 6 heteroatoms. The first-order chi connectivity index (χ1) is 8.39. The van der Waals surface area contributed by atoms with Gasteiger partial charge in [-0.1, -0.05) is 12.1 Å². The summed E-state index contributed by atoms with van der Waals surface area (Å²) in [6.45, 7) is 0.560.